The first-order valence-electron chi connectivity index (χ1n) is 5.94. The quantitative estimate of drug-likeness (QED) is 0.834. The Morgan fingerprint density at radius 3 is 3.00 bits per heavy atom. The van der Waals surface area contributed by atoms with Crippen molar-refractivity contribution in [1.82, 2.24) is 10.1 Å². The van der Waals surface area contributed by atoms with Crippen LogP contribution in [0.2, 0.25) is 0 Å². The zero-order valence-corrected chi connectivity index (χ0v) is 10.0. The van der Waals surface area contributed by atoms with Gasteiger partial charge in [-0.3, -0.25) is 0 Å². The van der Waals surface area contributed by atoms with E-state index in [1.807, 2.05) is 0 Å². The molecule has 1 aromatic heterocycles. The molecule has 18 heavy (non-hydrogen) atoms. The monoisotopic (exact) mass is 248 g/mol. The molecule has 1 saturated carbocycles. The summed E-state index contributed by atoms with van der Waals surface area (Å²) in [6.45, 7) is 1.90. The Bertz CT molecular complexity index is 564. The minimum Gasteiger partial charge on any atom is -0.485 e. The SMILES string of the molecule is Cc1ccc(OCc2noc(C3CC3)n2)cc1F. The van der Waals surface area contributed by atoms with Crippen LogP contribution < -0.4 is 4.74 Å². The number of aromatic nitrogens is 2. The fourth-order valence-corrected chi connectivity index (χ4v) is 1.63. The van der Waals surface area contributed by atoms with Gasteiger partial charge in [0.25, 0.3) is 0 Å². The molecule has 0 aliphatic heterocycles. The maximum absolute atomic E-state index is 13.3. The lowest BCUT2D eigenvalue weighted by Crippen LogP contribution is -1.98. The van der Waals surface area contributed by atoms with E-state index in [-0.39, 0.29) is 12.4 Å². The summed E-state index contributed by atoms with van der Waals surface area (Å²) in [5.41, 5.74) is 0.595. The van der Waals surface area contributed by atoms with Crippen LogP contribution in [-0.2, 0) is 6.61 Å². The van der Waals surface area contributed by atoms with Gasteiger partial charge in [0.1, 0.15) is 11.6 Å². The molecule has 0 spiro atoms. The van der Waals surface area contributed by atoms with E-state index < -0.39 is 0 Å². The Hall–Kier alpha value is -1.91. The van der Waals surface area contributed by atoms with Crippen LogP contribution in [0.3, 0.4) is 0 Å². The molecule has 0 unspecified atom stereocenters. The summed E-state index contributed by atoms with van der Waals surface area (Å²) in [4.78, 5) is 4.23. The molecule has 0 atom stereocenters. The molecule has 1 aromatic carbocycles. The molecule has 94 valence electrons. The Labute approximate surface area is 104 Å². The lowest BCUT2D eigenvalue weighted by Gasteiger charge is -2.04. The van der Waals surface area contributed by atoms with Gasteiger partial charge in [-0.15, -0.1) is 0 Å². The van der Waals surface area contributed by atoms with Gasteiger partial charge in [0, 0.05) is 12.0 Å². The molecular weight excluding hydrogens is 235 g/mol. The molecule has 1 aliphatic rings. The molecule has 0 saturated heterocycles. The second-order valence-electron chi connectivity index (χ2n) is 4.52. The molecule has 3 rings (SSSR count). The molecule has 0 bridgehead atoms. The van der Waals surface area contributed by atoms with Crippen molar-refractivity contribution in [3.63, 3.8) is 0 Å². The normalized spacial score (nSPS) is 14.8. The van der Waals surface area contributed by atoms with Gasteiger partial charge < -0.3 is 9.26 Å². The highest BCUT2D eigenvalue weighted by Crippen LogP contribution is 2.38. The van der Waals surface area contributed by atoms with Crippen LogP contribution in [-0.4, -0.2) is 10.1 Å². The number of nitrogens with zero attached hydrogens (tertiary/aromatic N) is 2. The third kappa shape index (κ3) is 2.34. The molecule has 0 amide bonds. The van der Waals surface area contributed by atoms with Crippen molar-refractivity contribution in [1.29, 1.82) is 0 Å². The van der Waals surface area contributed by atoms with Crippen molar-refractivity contribution in [2.75, 3.05) is 0 Å². The molecule has 0 N–H and O–H groups in total. The Kier molecular flexibility index (Phi) is 2.74. The van der Waals surface area contributed by atoms with Gasteiger partial charge in [0.15, 0.2) is 6.61 Å². The fraction of sp³-hybridized carbons (Fsp3) is 0.385. The topological polar surface area (TPSA) is 48.2 Å². The molecule has 2 aromatic rings. The van der Waals surface area contributed by atoms with Crippen molar-refractivity contribution >= 4 is 0 Å². The number of rotatable bonds is 4. The summed E-state index contributed by atoms with van der Waals surface area (Å²) in [5, 5.41) is 3.83. The van der Waals surface area contributed by atoms with Crippen LogP contribution in [0.1, 0.15) is 36.0 Å². The Morgan fingerprint density at radius 1 is 1.44 bits per heavy atom. The molecule has 4 nitrogen and oxygen atoms in total. The molecule has 1 heterocycles. The highest BCUT2D eigenvalue weighted by molar-refractivity contribution is 5.28. The minimum atomic E-state index is -0.278. The summed E-state index contributed by atoms with van der Waals surface area (Å²) in [7, 11) is 0. The van der Waals surface area contributed by atoms with Crippen molar-refractivity contribution in [2.24, 2.45) is 0 Å². The molecule has 0 radical (unpaired) electrons. The van der Waals surface area contributed by atoms with Crippen molar-refractivity contribution in [2.45, 2.75) is 32.3 Å². The largest absolute Gasteiger partial charge is 0.485 e. The number of hydrogen-bond donors (Lipinski definition) is 0. The van der Waals surface area contributed by atoms with E-state index in [1.54, 1.807) is 19.1 Å². The fourth-order valence-electron chi connectivity index (χ4n) is 1.63. The van der Waals surface area contributed by atoms with Crippen LogP contribution in [0.4, 0.5) is 4.39 Å². The lowest BCUT2D eigenvalue weighted by molar-refractivity contribution is 0.284. The Morgan fingerprint density at radius 2 is 2.28 bits per heavy atom. The van der Waals surface area contributed by atoms with E-state index in [0.717, 1.165) is 12.8 Å². The van der Waals surface area contributed by atoms with E-state index in [4.69, 9.17) is 9.26 Å². The minimum absolute atomic E-state index is 0.193. The second kappa shape index (κ2) is 4.40. The van der Waals surface area contributed by atoms with Gasteiger partial charge in [-0.1, -0.05) is 11.2 Å². The van der Waals surface area contributed by atoms with Gasteiger partial charge >= 0.3 is 0 Å². The van der Waals surface area contributed by atoms with Crippen LogP contribution in [0.15, 0.2) is 22.7 Å². The zero-order valence-electron chi connectivity index (χ0n) is 10.0. The first kappa shape index (κ1) is 11.2. The summed E-state index contributed by atoms with van der Waals surface area (Å²) >= 11 is 0. The summed E-state index contributed by atoms with van der Waals surface area (Å²) in [6, 6.07) is 4.76. The van der Waals surface area contributed by atoms with E-state index >= 15 is 0 Å². The van der Waals surface area contributed by atoms with Crippen LogP contribution in [0, 0.1) is 12.7 Å². The number of aryl methyl sites for hydroxylation is 1. The standard InChI is InChI=1S/C13H13FN2O2/c1-8-2-5-10(6-11(8)14)17-7-12-15-13(18-16-12)9-3-4-9/h2,5-6,9H,3-4,7H2,1H3. The number of benzene rings is 1. The maximum atomic E-state index is 13.3. The smallest absolute Gasteiger partial charge is 0.229 e. The lowest BCUT2D eigenvalue weighted by atomic mass is 10.2. The van der Waals surface area contributed by atoms with Gasteiger partial charge in [-0.2, -0.15) is 4.98 Å². The van der Waals surface area contributed by atoms with Crippen molar-refractivity contribution in [3.05, 3.63) is 41.3 Å². The van der Waals surface area contributed by atoms with E-state index in [0.29, 0.717) is 28.9 Å². The maximum Gasteiger partial charge on any atom is 0.229 e. The van der Waals surface area contributed by atoms with E-state index in [9.17, 15) is 4.39 Å². The molecule has 1 fully saturated rings. The van der Waals surface area contributed by atoms with E-state index in [2.05, 4.69) is 10.1 Å². The third-order valence-corrected chi connectivity index (χ3v) is 2.92. The predicted octanol–water partition coefficient (Wildman–Crippen LogP) is 2.97. The average molecular weight is 248 g/mol. The van der Waals surface area contributed by atoms with Gasteiger partial charge in [0.05, 0.1) is 0 Å². The molecule has 5 heteroatoms. The number of hydrogen-bond acceptors (Lipinski definition) is 4. The number of ether oxygens (including phenoxy) is 1. The highest BCUT2D eigenvalue weighted by atomic mass is 19.1. The Balaban J connectivity index is 1.63. The van der Waals surface area contributed by atoms with E-state index in [1.165, 1.54) is 6.07 Å². The second-order valence-corrected chi connectivity index (χ2v) is 4.52. The third-order valence-electron chi connectivity index (χ3n) is 2.92. The predicted molar refractivity (Wildman–Crippen MR) is 61.7 cm³/mol. The summed E-state index contributed by atoms with van der Waals surface area (Å²) in [6.07, 6.45) is 2.23. The van der Waals surface area contributed by atoms with Crippen LogP contribution >= 0.6 is 0 Å². The molecular formula is C13H13FN2O2. The van der Waals surface area contributed by atoms with Gasteiger partial charge in [-0.05, 0) is 31.4 Å². The zero-order chi connectivity index (χ0) is 12.5. The van der Waals surface area contributed by atoms with Crippen LogP contribution in [0.5, 0.6) is 5.75 Å². The van der Waals surface area contributed by atoms with Gasteiger partial charge in [0.2, 0.25) is 11.7 Å². The first-order chi connectivity index (χ1) is 8.72. The summed E-state index contributed by atoms with van der Waals surface area (Å²) in [5.74, 6) is 1.81. The van der Waals surface area contributed by atoms with Crippen LogP contribution in [0.25, 0.3) is 0 Å². The summed E-state index contributed by atoms with van der Waals surface area (Å²) < 4.78 is 23.8. The molecule has 1 aliphatic carbocycles. The highest BCUT2D eigenvalue weighted by Gasteiger charge is 2.29. The average Bonchev–Trinajstić information content (AvgIpc) is 3.11. The van der Waals surface area contributed by atoms with Crippen molar-refractivity contribution < 1.29 is 13.7 Å². The van der Waals surface area contributed by atoms with Gasteiger partial charge in [-0.25, -0.2) is 4.39 Å². The number of halogens is 1. The van der Waals surface area contributed by atoms with Crippen molar-refractivity contribution in [3.8, 4) is 5.75 Å². The first-order valence-corrected chi connectivity index (χ1v) is 5.94.